The van der Waals surface area contributed by atoms with Crippen molar-refractivity contribution in [2.75, 3.05) is 31.5 Å². The summed E-state index contributed by atoms with van der Waals surface area (Å²) in [4.78, 5) is 18.8. The van der Waals surface area contributed by atoms with Gasteiger partial charge in [0.1, 0.15) is 5.60 Å². The zero-order chi connectivity index (χ0) is 22.3. The molecule has 0 radical (unpaired) electrons. The van der Waals surface area contributed by atoms with E-state index in [1.807, 2.05) is 43.1 Å². The van der Waals surface area contributed by atoms with Crippen LogP contribution in [0.25, 0.3) is 0 Å². The lowest BCUT2D eigenvalue weighted by molar-refractivity contribution is 0.0616. The van der Waals surface area contributed by atoms with E-state index in [4.69, 9.17) is 0 Å². The number of aromatic nitrogens is 2. The van der Waals surface area contributed by atoms with Crippen LogP contribution in [0, 0.1) is 0 Å². The maximum atomic E-state index is 12.3. The van der Waals surface area contributed by atoms with E-state index in [0.29, 0.717) is 19.0 Å². The van der Waals surface area contributed by atoms with Gasteiger partial charge in [0.15, 0.2) is 5.96 Å². The number of hydrogen-bond donors (Lipinski definition) is 4. The molecule has 0 saturated carbocycles. The van der Waals surface area contributed by atoms with Gasteiger partial charge in [-0.05, 0) is 44.4 Å². The largest absolute Gasteiger partial charge is 0.383 e. The number of aliphatic imine (C=N–C) groups is 1. The summed E-state index contributed by atoms with van der Waals surface area (Å²) in [5.74, 6) is 0.609. The minimum absolute atomic E-state index is 0.0502. The molecule has 4 N–H and O–H groups in total. The minimum Gasteiger partial charge on any atom is -0.383 e. The quantitative estimate of drug-likeness (QED) is 0.399. The van der Waals surface area contributed by atoms with Crippen molar-refractivity contribution in [3.05, 3.63) is 47.8 Å². The minimum atomic E-state index is -1.08. The number of amides is 2. The molecule has 168 valence electrons. The molecule has 9 nitrogen and oxygen atoms in total. The molecule has 3 rings (SSSR count). The molecule has 2 aromatic rings. The van der Waals surface area contributed by atoms with Crippen LogP contribution in [0.15, 0.2) is 41.7 Å². The lowest BCUT2D eigenvalue weighted by Gasteiger charge is -2.23. The average molecular weight is 428 g/mol. The van der Waals surface area contributed by atoms with Crippen LogP contribution in [0.1, 0.15) is 37.8 Å². The molecule has 1 atom stereocenters. The van der Waals surface area contributed by atoms with Crippen LogP contribution in [-0.2, 0) is 19.2 Å². The number of urea groups is 1. The van der Waals surface area contributed by atoms with E-state index in [1.54, 1.807) is 24.0 Å². The molecule has 0 bridgehead atoms. The van der Waals surface area contributed by atoms with Crippen LogP contribution in [-0.4, -0.2) is 58.0 Å². The molecule has 1 aliphatic rings. The Balaban J connectivity index is 1.60. The van der Waals surface area contributed by atoms with Gasteiger partial charge >= 0.3 is 6.03 Å². The summed E-state index contributed by atoms with van der Waals surface area (Å²) in [6.07, 6.45) is 5.59. The molecule has 31 heavy (non-hydrogen) atoms. The maximum Gasteiger partial charge on any atom is 0.321 e. The molecule has 1 aliphatic heterocycles. The number of carbonyl (C=O) groups excluding carboxylic acids is 1. The fourth-order valence-corrected chi connectivity index (χ4v) is 3.44. The summed E-state index contributed by atoms with van der Waals surface area (Å²) >= 11 is 0. The van der Waals surface area contributed by atoms with E-state index in [1.165, 1.54) is 0 Å². The van der Waals surface area contributed by atoms with Crippen molar-refractivity contribution in [3.63, 3.8) is 0 Å². The zero-order valence-electron chi connectivity index (χ0n) is 18.6. The van der Waals surface area contributed by atoms with Crippen molar-refractivity contribution in [2.45, 2.75) is 38.8 Å². The fraction of sp³-hybridized carbons (Fsp3) is 0.500. The number of likely N-dealkylation sites (tertiary alicyclic amines) is 1. The second-order valence-electron chi connectivity index (χ2n) is 8.05. The molecular weight excluding hydrogens is 394 g/mol. The fourth-order valence-electron chi connectivity index (χ4n) is 3.44. The molecule has 1 aromatic heterocycles. The number of guanidine groups is 1. The van der Waals surface area contributed by atoms with Crippen molar-refractivity contribution >= 4 is 17.7 Å². The highest BCUT2D eigenvalue weighted by atomic mass is 16.3. The molecule has 1 fully saturated rings. The van der Waals surface area contributed by atoms with Gasteiger partial charge in [0.05, 0.1) is 19.3 Å². The standard InChI is InChI=1S/C22H33N7O2/c1-4-23-20(25-16-22(2,31)18-14-26-28(3)15-18)24-13-17-8-7-9-19(12-17)27-21(30)29-10-5-6-11-29/h7-9,12,14-15,31H,4-6,10-11,13,16H2,1-3H3,(H,27,30)(H2,23,24,25). The molecule has 2 heterocycles. The Labute approximate surface area is 183 Å². The van der Waals surface area contributed by atoms with Crippen molar-refractivity contribution in [3.8, 4) is 0 Å². The van der Waals surface area contributed by atoms with Gasteiger partial charge in [-0.3, -0.25) is 4.68 Å². The lowest BCUT2D eigenvalue weighted by Crippen LogP contribution is -2.44. The Kier molecular flexibility index (Phi) is 7.51. The van der Waals surface area contributed by atoms with Gasteiger partial charge in [0.2, 0.25) is 0 Å². The first-order valence-corrected chi connectivity index (χ1v) is 10.8. The lowest BCUT2D eigenvalue weighted by atomic mass is 10.00. The number of hydrogen-bond acceptors (Lipinski definition) is 4. The first-order valence-electron chi connectivity index (χ1n) is 10.8. The number of anilines is 1. The van der Waals surface area contributed by atoms with Crippen LogP contribution in [0.3, 0.4) is 0 Å². The molecule has 1 unspecified atom stereocenters. The monoisotopic (exact) mass is 427 g/mol. The highest BCUT2D eigenvalue weighted by Gasteiger charge is 2.25. The van der Waals surface area contributed by atoms with E-state index in [0.717, 1.165) is 42.7 Å². The van der Waals surface area contributed by atoms with Crippen LogP contribution in [0.4, 0.5) is 10.5 Å². The molecule has 1 saturated heterocycles. The van der Waals surface area contributed by atoms with Crippen LogP contribution in [0.2, 0.25) is 0 Å². The number of nitrogens with zero attached hydrogens (tertiary/aromatic N) is 4. The van der Waals surface area contributed by atoms with Crippen LogP contribution in [0.5, 0.6) is 0 Å². The van der Waals surface area contributed by atoms with Crippen molar-refractivity contribution in [1.29, 1.82) is 0 Å². The Morgan fingerprint density at radius 3 is 2.74 bits per heavy atom. The number of nitrogens with one attached hydrogen (secondary N) is 3. The highest BCUT2D eigenvalue weighted by molar-refractivity contribution is 5.89. The average Bonchev–Trinajstić information content (AvgIpc) is 3.43. The summed E-state index contributed by atoms with van der Waals surface area (Å²) < 4.78 is 1.67. The van der Waals surface area contributed by atoms with Crippen LogP contribution < -0.4 is 16.0 Å². The summed E-state index contributed by atoms with van der Waals surface area (Å²) in [5, 5.41) is 24.3. The SMILES string of the molecule is CCNC(=NCc1cccc(NC(=O)N2CCCC2)c1)NCC(C)(O)c1cnn(C)c1. The summed E-state index contributed by atoms with van der Waals surface area (Å²) in [6.45, 7) is 6.80. The van der Waals surface area contributed by atoms with Gasteiger partial charge in [0.25, 0.3) is 0 Å². The van der Waals surface area contributed by atoms with E-state index < -0.39 is 5.60 Å². The van der Waals surface area contributed by atoms with E-state index >= 15 is 0 Å². The molecule has 9 heteroatoms. The van der Waals surface area contributed by atoms with Crippen molar-refractivity contribution in [2.24, 2.45) is 12.0 Å². The molecule has 1 aromatic carbocycles. The van der Waals surface area contributed by atoms with Crippen LogP contribution >= 0.6 is 0 Å². The Morgan fingerprint density at radius 1 is 1.29 bits per heavy atom. The Morgan fingerprint density at radius 2 is 2.06 bits per heavy atom. The van der Waals surface area contributed by atoms with Gasteiger partial charge < -0.3 is 26.0 Å². The third kappa shape index (κ3) is 6.45. The predicted molar refractivity (Wildman–Crippen MR) is 122 cm³/mol. The maximum absolute atomic E-state index is 12.3. The second-order valence-corrected chi connectivity index (χ2v) is 8.05. The van der Waals surface area contributed by atoms with E-state index in [-0.39, 0.29) is 12.6 Å². The highest BCUT2D eigenvalue weighted by Crippen LogP contribution is 2.18. The number of benzene rings is 1. The number of rotatable bonds is 7. The second kappa shape index (κ2) is 10.3. The zero-order valence-corrected chi connectivity index (χ0v) is 18.6. The van der Waals surface area contributed by atoms with Gasteiger partial charge in [0, 0.05) is 44.1 Å². The van der Waals surface area contributed by atoms with Gasteiger partial charge in [-0.2, -0.15) is 5.10 Å². The number of aryl methyl sites for hydroxylation is 1. The van der Waals surface area contributed by atoms with E-state index in [2.05, 4.69) is 26.0 Å². The van der Waals surface area contributed by atoms with Gasteiger partial charge in [-0.1, -0.05) is 12.1 Å². The normalized spacial score (nSPS) is 16.1. The van der Waals surface area contributed by atoms with Gasteiger partial charge in [-0.25, -0.2) is 9.79 Å². The topological polar surface area (TPSA) is 107 Å². The first kappa shape index (κ1) is 22.6. The summed E-state index contributed by atoms with van der Waals surface area (Å²) in [7, 11) is 1.82. The van der Waals surface area contributed by atoms with Crippen molar-refractivity contribution in [1.82, 2.24) is 25.3 Å². The third-order valence-corrected chi connectivity index (χ3v) is 5.26. The van der Waals surface area contributed by atoms with Crippen molar-refractivity contribution < 1.29 is 9.90 Å². The Bertz CT molecular complexity index is 901. The first-order chi connectivity index (χ1) is 14.9. The predicted octanol–water partition coefficient (Wildman–Crippen LogP) is 2.01. The Hall–Kier alpha value is -3.07. The molecule has 0 spiro atoms. The molecule has 0 aliphatic carbocycles. The smallest absolute Gasteiger partial charge is 0.321 e. The van der Waals surface area contributed by atoms with E-state index in [9.17, 15) is 9.90 Å². The third-order valence-electron chi connectivity index (χ3n) is 5.26. The molecule has 2 amide bonds. The summed E-state index contributed by atoms with van der Waals surface area (Å²) in [6, 6.07) is 7.66. The van der Waals surface area contributed by atoms with Gasteiger partial charge in [-0.15, -0.1) is 0 Å². The molecular formula is C22H33N7O2. The summed E-state index contributed by atoms with van der Waals surface area (Å²) in [5.41, 5.74) is 1.40. The number of carbonyl (C=O) groups is 1. The number of aliphatic hydroxyl groups is 1.